The number of hydrogen-bond acceptors (Lipinski definition) is 2. The van der Waals surface area contributed by atoms with Crippen LogP contribution in [0.2, 0.25) is 0 Å². The Morgan fingerprint density at radius 3 is 2.57 bits per heavy atom. The van der Waals surface area contributed by atoms with Crippen LogP contribution in [0, 0.1) is 5.92 Å². The normalized spacial score (nSPS) is 25.5. The molecule has 1 nitrogen and oxygen atoms in total. The smallest absolute Gasteiger partial charge is 0.0440 e. The molecular formula is C19H31NS. The Labute approximate surface area is 135 Å². The highest BCUT2D eigenvalue weighted by Crippen LogP contribution is 2.39. The fourth-order valence-corrected chi connectivity index (χ4v) is 5.34. The standard InChI is InChI=1S/C19H31NS/c1-4-18(21-17-13-9-10-15(3)14-17)19(20-5-2)16-11-7-6-8-12-16/h6-8,11-12,15,17-20H,4-5,9-10,13-14H2,1-3H3. The molecule has 0 radical (unpaired) electrons. The highest BCUT2D eigenvalue weighted by atomic mass is 32.2. The Kier molecular flexibility index (Phi) is 7.12. The molecule has 4 atom stereocenters. The van der Waals surface area contributed by atoms with Crippen LogP contribution < -0.4 is 5.32 Å². The van der Waals surface area contributed by atoms with Gasteiger partial charge in [-0.05, 0) is 37.3 Å². The average molecular weight is 306 g/mol. The summed E-state index contributed by atoms with van der Waals surface area (Å²) in [4.78, 5) is 0. The van der Waals surface area contributed by atoms with Crippen molar-refractivity contribution in [3.63, 3.8) is 0 Å². The van der Waals surface area contributed by atoms with Crippen molar-refractivity contribution in [3.05, 3.63) is 35.9 Å². The van der Waals surface area contributed by atoms with Crippen molar-refractivity contribution in [2.75, 3.05) is 6.54 Å². The van der Waals surface area contributed by atoms with Gasteiger partial charge in [0.15, 0.2) is 0 Å². The first-order valence-corrected chi connectivity index (χ1v) is 9.62. The van der Waals surface area contributed by atoms with E-state index in [1.807, 2.05) is 0 Å². The lowest BCUT2D eigenvalue weighted by Gasteiger charge is -2.33. The van der Waals surface area contributed by atoms with Crippen molar-refractivity contribution in [2.45, 2.75) is 69.4 Å². The first-order chi connectivity index (χ1) is 10.2. The Balaban J connectivity index is 2.05. The zero-order valence-corrected chi connectivity index (χ0v) is 14.7. The van der Waals surface area contributed by atoms with Gasteiger partial charge in [-0.1, -0.05) is 63.9 Å². The summed E-state index contributed by atoms with van der Waals surface area (Å²) in [6.45, 7) is 8.03. The van der Waals surface area contributed by atoms with Gasteiger partial charge in [0, 0.05) is 16.5 Å². The van der Waals surface area contributed by atoms with Gasteiger partial charge in [-0.3, -0.25) is 0 Å². The van der Waals surface area contributed by atoms with Crippen molar-refractivity contribution >= 4 is 11.8 Å². The maximum Gasteiger partial charge on any atom is 0.0440 e. The molecule has 118 valence electrons. The molecule has 0 heterocycles. The predicted octanol–water partition coefficient (Wildman–Crippen LogP) is 5.43. The van der Waals surface area contributed by atoms with E-state index in [0.29, 0.717) is 11.3 Å². The van der Waals surface area contributed by atoms with Crippen molar-refractivity contribution in [1.29, 1.82) is 0 Å². The second kappa shape index (κ2) is 8.85. The van der Waals surface area contributed by atoms with E-state index in [4.69, 9.17) is 0 Å². The van der Waals surface area contributed by atoms with Crippen LogP contribution in [-0.2, 0) is 0 Å². The van der Waals surface area contributed by atoms with Gasteiger partial charge in [0.1, 0.15) is 0 Å². The van der Waals surface area contributed by atoms with E-state index in [9.17, 15) is 0 Å². The molecule has 4 unspecified atom stereocenters. The molecule has 1 aliphatic rings. The Morgan fingerprint density at radius 1 is 1.19 bits per heavy atom. The summed E-state index contributed by atoms with van der Waals surface area (Å²) >= 11 is 2.25. The summed E-state index contributed by atoms with van der Waals surface area (Å²) in [5, 5.41) is 5.28. The van der Waals surface area contributed by atoms with Gasteiger partial charge in [-0.2, -0.15) is 11.8 Å². The molecule has 1 N–H and O–H groups in total. The van der Waals surface area contributed by atoms with E-state index < -0.39 is 0 Å². The zero-order chi connectivity index (χ0) is 15.1. The van der Waals surface area contributed by atoms with E-state index >= 15 is 0 Å². The fraction of sp³-hybridized carbons (Fsp3) is 0.684. The summed E-state index contributed by atoms with van der Waals surface area (Å²) in [7, 11) is 0. The summed E-state index contributed by atoms with van der Waals surface area (Å²) < 4.78 is 0. The Bertz CT molecular complexity index is 392. The third-order valence-corrected chi connectivity index (χ3v) is 6.38. The minimum absolute atomic E-state index is 0.489. The Morgan fingerprint density at radius 2 is 1.95 bits per heavy atom. The molecular weight excluding hydrogens is 274 g/mol. The molecule has 0 aromatic heterocycles. The molecule has 0 bridgehead atoms. The molecule has 0 aliphatic heterocycles. The van der Waals surface area contributed by atoms with Crippen LogP contribution in [0.25, 0.3) is 0 Å². The number of benzene rings is 1. The average Bonchev–Trinajstić information content (AvgIpc) is 2.51. The highest BCUT2D eigenvalue weighted by molar-refractivity contribution is 8.00. The molecule has 0 spiro atoms. The van der Waals surface area contributed by atoms with Gasteiger partial charge in [-0.25, -0.2) is 0 Å². The second-order valence-electron chi connectivity index (χ2n) is 6.42. The summed E-state index contributed by atoms with van der Waals surface area (Å²) in [5.74, 6) is 0.920. The topological polar surface area (TPSA) is 12.0 Å². The van der Waals surface area contributed by atoms with Crippen LogP contribution in [0.15, 0.2) is 30.3 Å². The lowest BCUT2D eigenvalue weighted by atomic mass is 9.90. The summed E-state index contributed by atoms with van der Waals surface area (Å²) in [6.07, 6.45) is 6.92. The molecule has 2 heteroatoms. The minimum Gasteiger partial charge on any atom is -0.309 e. The third kappa shape index (κ3) is 5.03. The van der Waals surface area contributed by atoms with Gasteiger partial charge >= 0.3 is 0 Å². The van der Waals surface area contributed by atoms with Crippen LogP contribution in [0.4, 0.5) is 0 Å². The maximum atomic E-state index is 3.73. The van der Waals surface area contributed by atoms with Crippen LogP contribution in [0.5, 0.6) is 0 Å². The van der Waals surface area contributed by atoms with Crippen LogP contribution in [-0.4, -0.2) is 17.0 Å². The first kappa shape index (κ1) is 16.9. The van der Waals surface area contributed by atoms with Crippen molar-refractivity contribution < 1.29 is 0 Å². The van der Waals surface area contributed by atoms with E-state index in [1.54, 1.807) is 0 Å². The van der Waals surface area contributed by atoms with Gasteiger partial charge in [-0.15, -0.1) is 0 Å². The van der Waals surface area contributed by atoms with Crippen LogP contribution in [0.1, 0.15) is 64.5 Å². The molecule has 21 heavy (non-hydrogen) atoms. The van der Waals surface area contributed by atoms with E-state index in [0.717, 1.165) is 17.7 Å². The molecule has 1 aromatic carbocycles. The molecule has 1 saturated carbocycles. The summed E-state index contributed by atoms with van der Waals surface area (Å²) in [5.41, 5.74) is 1.45. The maximum absolute atomic E-state index is 3.73. The van der Waals surface area contributed by atoms with Crippen molar-refractivity contribution in [2.24, 2.45) is 5.92 Å². The van der Waals surface area contributed by atoms with Gasteiger partial charge < -0.3 is 5.32 Å². The SMILES string of the molecule is CCNC(c1ccccc1)C(CC)SC1CCCC(C)C1. The lowest BCUT2D eigenvalue weighted by molar-refractivity contribution is 0.392. The third-order valence-electron chi connectivity index (χ3n) is 4.61. The molecule has 0 amide bonds. The first-order valence-electron chi connectivity index (χ1n) is 8.68. The fourth-order valence-electron chi connectivity index (χ4n) is 3.50. The number of nitrogens with one attached hydrogen (secondary N) is 1. The minimum atomic E-state index is 0.489. The quantitative estimate of drug-likeness (QED) is 0.721. The summed E-state index contributed by atoms with van der Waals surface area (Å²) in [6, 6.07) is 11.5. The van der Waals surface area contributed by atoms with E-state index in [-0.39, 0.29) is 0 Å². The molecule has 0 saturated heterocycles. The van der Waals surface area contributed by atoms with Gasteiger partial charge in [0.05, 0.1) is 0 Å². The number of rotatable bonds is 7. The molecule has 1 aliphatic carbocycles. The number of thioether (sulfide) groups is 1. The van der Waals surface area contributed by atoms with Gasteiger partial charge in [0.2, 0.25) is 0 Å². The van der Waals surface area contributed by atoms with Crippen LogP contribution >= 0.6 is 11.8 Å². The predicted molar refractivity (Wildman–Crippen MR) is 95.9 cm³/mol. The number of hydrogen-bond donors (Lipinski definition) is 1. The molecule has 2 rings (SSSR count). The van der Waals surface area contributed by atoms with Crippen molar-refractivity contribution in [3.8, 4) is 0 Å². The second-order valence-corrected chi connectivity index (χ2v) is 7.97. The molecule has 1 aromatic rings. The van der Waals surface area contributed by atoms with E-state index in [2.05, 4.69) is 68.2 Å². The van der Waals surface area contributed by atoms with Gasteiger partial charge in [0.25, 0.3) is 0 Å². The van der Waals surface area contributed by atoms with Crippen molar-refractivity contribution in [1.82, 2.24) is 5.32 Å². The monoisotopic (exact) mass is 305 g/mol. The largest absolute Gasteiger partial charge is 0.309 e. The van der Waals surface area contributed by atoms with Crippen LogP contribution in [0.3, 0.4) is 0 Å². The lowest BCUT2D eigenvalue weighted by Crippen LogP contribution is -2.32. The van der Waals surface area contributed by atoms with E-state index in [1.165, 1.54) is 37.7 Å². The zero-order valence-electron chi connectivity index (χ0n) is 13.8. The highest BCUT2D eigenvalue weighted by Gasteiger charge is 2.27. The Hall–Kier alpha value is -0.470. The molecule has 1 fully saturated rings.